The van der Waals surface area contributed by atoms with Crippen LogP contribution in [-0.2, 0) is 0 Å². The molecule has 1 aromatic heterocycles. The third kappa shape index (κ3) is 2.41. The highest BCUT2D eigenvalue weighted by Crippen LogP contribution is 2.29. The monoisotopic (exact) mass is 303 g/mol. The number of thioether (sulfide) groups is 1. The molecule has 0 amide bonds. The lowest BCUT2D eigenvalue weighted by atomic mass is 10.3. The fourth-order valence-electron chi connectivity index (χ4n) is 1.67. The van der Waals surface area contributed by atoms with Crippen molar-refractivity contribution in [2.45, 2.75) is 13.0 Å². The molecule has 1 aromatic rings. The molecule has 1 aliphatic rings. The van der Waals surface area contributed by atoms with Gasteiger partial charge in [0, 0.05) is 30.3 Å². The summed E-state index contributed by atoms with van der Waals surface area (Å²) in [5.41, 5.74) is 2.47. The maximum absolute atomic E-state index is 5.32. The van der Waals surface area contributed by atoms with Crippen molar-refractivity contribution in [3.63, 3.8) is 0 Å². The van der Waals surface area contributed by atoms with E-state index in [2.05, 4.69) is 43.1 Å². The van der Waals surface area contributed by atoms with Gasteiger partial charge in [0.1, 0.15) is 5.82 Å². The highest BCUT2D eigenvalue weighted by atomic mass is 79.9. The summed E-state index contributed by atoms with van der Waals surface area (Å²) in [6, 6.07) is 0.482. The maximum atomic E-state index is 5.32. The zero-order valence-electron chi connectivity index (χ0n) is 8.98. The summed E-state index contributed by atoms with van der Waals surface area (Å²) in [5, 5.41) is 0. The molecule has 7 heteroatoms. The average Bonchev–Trinajstić information content (AvgIpc) is 2.31. The van der Waals surface area contributed by atoms with Crippen molar-refractivity contribution < 1.29 is 0 Å². The first kappa shape index (κ1) is 11.9. The van der Waals surface area contributed by atoms with Gasteiger partial charge in [0.05, 0.1) is 4.47 Å². The number of rotatable bonds is 2. The van der Waals surface area contributed by atoms with Gasteiger partial charge in [-0.3, -0.25) is 5.43 Å². The van der Waals surface area contributed by atoms with Crippen LogP contribution in [0.25, 0.3) is 0 Å². The number of hydrazine groups is 1. The highest BCUT2D eigenvalue weighted by Gasteiger charge is 2.22. The minimum absolute atomic E-state index is 0.448. The smallest absolute Gasteiger partial charge is 0.239 e. The Bertz CT molecular complexity index is 375. The van der Waals surface area contributed by atoms with Gasteiger partial charge in [-0.15, -0.1) is 0 Å². The Morgan fingerprint density at radius 1 is 1.69 bits per heavy atom. The van der Waals surface area contributed by atoms with E-state index < -0.39 is 0 Å². The summed E-state index contributed by atoms with van der Waals surface area (Å²) < 4.78 is 0.908. The minimum Gasteiger partial charge on any atom is -0.351 e. The molecule has 0 radical (unpaired) electrons. The van der Waals surface area contributed by atoms with Crippen LogP contribution in [0, 0.1) is 0 Å². The van der Waals surface area contributed by atoms with Crippen molar-refractivity contribution in [1.29, 1.82) is 0 Å². The first-order valence-corrected chi connectivity index (χ1v) is 7.00. The Morgan fingerprint density at radius 3 is 3.19 bits per heavy atom. The highest BCUT2D eigenvalue weighted by molar-refractivity contribution is 9.10. The molecule has 88 valence electrons. The standard InChI is InChI=1S/C9H14BrN5S/c1-6-5-16-3-2-15(6)8-7(10)4-12-9(13-8)14-11/h4,6H,2-3,5,11H2,1H3,(H,12,13,14). The molecule has 0 aliphatic carbocycles. The molecule has 3 N–H and O–H groups in total. The SMILES string of the molecule is CC1CSCCN1c1nc(NN)ncc1Br. The molecule has 0 bridgehead atoms. The largest absolute Gasteiger partial charge is 0.351 e. The van der Waals surface area contributed by atoms with Crippen LogP contribution in [0.1, 0.15) is 6.92 Å². The number of hydrogen-bond acceptors (Lipinski definition) is 6. The summed E-state index contributed by atoms with van der Waals surface area (Å²) >= 11 is 5.46. The first-order chi connectivity index (χ1) is 7.72. The molecule has 0 spiro atoms. The summed E-state index contributed by atoms with van der Waals surface area (Å²) in [4.78, 5) is 10.7. The number of nitrogens with one attached hydrogen (secondary N) is 1. The summed E-state index contributed by atoms with van der Waals surface area (Å²) in [7, 11) is 0. The second-order valence-electron chi connectivity index (χ2n) is 3.63. The Balaban J connectivity index is 2.30. The van der Waals surface area contributed by atoms with E-state index in [0.29, 0.717) is 12.0 Å². The van der Waals surface area contributed by atoms with Gasteiger partial charge in [-0.2, -0.15) is 16.7 Å². The van der Waals surface area contributed by atoms with Crippen LogP contribution < -0.4 is 16.2 Å². The molecule has 2 rings (SSSR count). The lowest BCUT2D eigenvalue weighted by Crippen LogP contribution is -2.41. The predicted molar refractivity (Wildman–Crippen MR) is 71.7 cm³/mol. The number of nitrogen functional groups attached to an aromatic ring is 1. The van der Waals surface area contributed by atoms with Crippen molar-refractivity contribution >= 4 is 39.5 Å². The summed E-state index contributed by atoms with van der Waals surface area (Å²) in [6.45, 7) is 3.21. The van der Waals surface area contributed by atoms with Crippen molar-refractivity contribution in [2.75, 3.05) is 28.4 Å². The molecule has 0 aromatic carbocycles. The van der Waals surface area contributed by atoms with E-state index in [4.69, 9.17) is 5.84 Å². The predicted octanol–water partition coefficient (Wildman–Crippen LogP) is 1.47. The zero-order chi connectivity index (χ0) is 11.5. The summed E-state index contributed by atoms with van der Waals surface area (Å²) in [5.74, 6) is 8.94. The van der Waals surface area contributed by atoms with E-state index >= 15 is 0 Å². The molecule has 1 aliphatic heterocycles. The quantitative estimate of drug-likeness (QED) is 0.637. The van der Waals surface area contributed by atoms with E-state index in [1.807, 2.05) is 11.8 Å². The van der Waals surface area contributed by atoms with Crippen LogP contribution in [-0.4, -0.2) is 34.1 Å². The molecule has 5 nitrogen and oxygen atoms in total. The van der Waals surface area contributed by atoms with Crippen LogP contribution in [0.5, 0.6) is 0 Å². The Hall–Kier alpha value is -0.530. The number of aromatic nitrogens is 2. The van der Waals surface area contributed by atoms with Crippen molar-refractivity contribution in [2.24, 2.45) is 5.84 Å². The first-order valence-electron chi connectivity index (χ1n) is 5.06. The fraction of sp³-hybridized carbons (Fsp3) is 0.556. The van der Waals surface area contributed by atoms with E-state index in [-0.39, 0.29) is 0 Å². The molecular formula is C9H14BrN5S. The minimum atomic E-state index is 0.448. The fourth-order valence-corrected chi connectivity index (χ4v) is 3.10. The van der Waals surface area contributed by atoms with Crippen LogP contribution in [0.15, 0.2) is 10.7 Å². The van der Waals surface area contributed by atoms with E-state index in [9.17, 15) is 0 Å². The molecule has 1 unspecified atom stereocenters. The van der Waals surface area contributed by atoms with Gasteiger partial charge in [-0.1, -0.05) is 0 Å². The van der Waals surface area contributed by atoms with E-state index in [1.54, 1.807) is 6.20 Å². The number of hydrogen-bond donors (Lipinski definition) is 2. The second kappa shape index (κ2) is 5.20. The molecule has 0 saturated carbocycles. The molecule has 2 heterocycles. The summed E-state index contributed by atoms with van der Waals surface area (Å²) in [6.07, 6.45) is 1.73. The van der Waals surface area contributed by atoms with Crippen molar-refractivity contribution in [3.8, 4) is 0 Å². The maximum Gasteiger partial charge on any atom is 0.239 e. The van der Waals surface area contributed by atoms with Crippen molar-refractivity contribution in [3.05, 3.63) is 10.7 Å². The Morgan fingerprint density at radius 2 is 2.50 bits per heavy atom. The van der Waals surface area contributed by atoms with Crippen LogP contribution >= 0.6 is 27.7 Å². The van der Waals surface area contributed by atoms with Crippen LogP contribution in [0.4, 0.5) is 11.8 Å². The Kier molecular flexibility index (Phi) is 3.88. The number of anilines is 2. The molecule has 16 heavy (non-hydrogen) atoms. The topological polar surface area (TPSA) is 67.1 Å². The van der Waals surface area contributed by atoms with E-state index in [0.717, 1.165) is 28.3 Å². The molecule has 1 saturated heterocycles. The number of halogens is 1. The van der Waals surface area contributed by atoms with Gasteiger partial charge in [0.25, 0.3) is 0 Å². The van der Waals surface area contributed by atoms with Gasteiger partial charge in [0.15, 0.2) is 0 Å². The van der Waals surface area contributed by atoms with Crippen LogP contribution in [0.2, 0.25) is 0 Å². The average molecular weight is 304 g/mol. The number of nitrogens with two attached hydrogens (primary N) is 1. The molecule has 1 fully saturated rings. The van der Waals surface area contributed by atoms with Gasteiger partial charge in [-0.25, -0.2) is 10.8 Å². The molecular weight excluding hydrogens is 290 g/mol. The normalized spacial score (nSPS) is 20.9. The number of nitrogens with zero attached hydrogens (tertiary/aromatic N) is 3. The third-order valence-corrected chi connectivity index (χ3v) is 4.24. The van der Waals surface area contributed by atoms with Crippen LogP contribution in [0.3, 0.4) is 0 Å². The lowest BCUT2D eigenvalue weighted by molar-refractivity contribution is 0.687. The van der Waals surface area contributed by atoms with Gasteiger partial charge in [-0.05, 0) is 22.9 Å². The Labute approximate surface area is 107 Å². The van der Waals surface area contributed by atoms with E-state index in [1.165, 1.54) is 0 Å². The third-order valence-electron chi connectivity index (χ3n) is 2.49. The lowest BCUT2D eigenvalue weighted by Gasteiger charge is -2.34. The van der Waals surface area contributed by atoms with Gasteiger partial charge < -0.3 is 4.90 Å². The molecule has 1 atom stereocenters. The second-order valence-corrected chi connectivity index (χ2v) is 5.63. The van der Waals surface area contributed by atoms with Gasteiger partial charge >= 0.3 is 0 Å². The zero-order valence-corrected chi connectivity index (χ0v) is 11.4. The van der Waals surface area contributed by atoms with Gasteiger partial charge in [0.2, 0.25) is 5.95 Å². The van der Waals surface area contributed by atoms with Crippen molar-refractivity contribution in [1.82, 2.24) is 9.97 Å².